The summed E-state index contributed by atoms with van der Waals surface area (Å²) in [5.41, 5.74) is 1.32. The zero-order valence-electron chi connectivity index (χ0n) is 56.7. The smallest absolute Gasteiger partial charge is 0.294 e. The van der Waals surface area contributed by atoms with Gasteiger partial charge in [0, 0.05) is 0 Å². The van der Waals surface area contributed by atoms with Gasteiger partial charge >= 0.3 is 21.2 Å². The molecule has 0 amide bonds. The van der Waals surface area contributed by atoms with Gasteiger partial charge in [-0.2, -0.15) is 0 Å². The first-order valence-electron chi connectivity index (χ1n) is 29.7. The SMILES string of the molecule is CC.CC.CC.CC.CC.CC.CC.CC.CC(=O)C(C)[S+](C)C.C[S+](C)C.C[S+](c1ccccc1)c1ccccc1.C[S+](c1ccccc1)c1ccccc1.Cc1ccccc1.c1ccc([I+]c2ccccc2)cc1.c1ccccc1. The van der Waals surface area contributed by atoms with E-state index in [1.165, 1.54) is 32.3 Å². The Morgan fingerprint density at radius 2 is 0.463 bits per heavy atom. The number of carbonyl (C=O) groups is 1. The molecular formula is C76H120IOS4+5. The van der Waals surface area contributed by atoms with E-state index in [0.717, 1.165) is 0 Å². The van der Waals surface area contributed by atoms with Crippen molar-refractivity contribution in [2.24, 2.45) is 0 Å². The molecule has 8 aromatic rings. The summed E-state index contributed by atoms with van der Waals surface area (Å²) in [7, 11) is 1.31. The molecule has 0 radical (unpaired) electrons. The van der Waals surface area contributed by atoms with Crippen molar-refractivity contribution in [1.82, 2.24) is 0 Å². The molecule has 0 bridgehead atoms. The lowest BCUT2D eigenvalue weighted by Gasteiger charge is -2.00. The Morgan fingerprint density at radius 3 is 0.598 bits per heavy atom. The van der Waals surface area contributed by atoms with Crippen LogP contribution < -0.4 is 21.2 Å². The highest BCUT2D eigenvalue weighted by Crippen LogP contribution is 2.21. The van der Waals surface area contributed by atoms with Crippen LogP contribution in [-0.2, 0) is 48.4 Å². The Balaban J connectivity index is -0.000000157. The predicted octanol–water partition coefficient (Wildman–Crippen LogP) is 19.7. The lowest BCUT2D eigenvalue weighted by atomic mass is 10.2. The first kappa shape index (κ1) is 91.3. The average Bonchev–Trinajstić information content (AvgIpc) is 3.57. The van der Waals surface area contributed by atoms with E-state index in [0.29, 0.717) is 16.7 Å². The molecule has 0 saturated heterocycles. The highest BCUT2D eigenvalue weighted by atomic mass is 127. The minimum atomic E-state index is 0.0287. The molecule has 0 heterocycles. The number of hydrogen-bond donors (Lipinski definition) is 0. The molecule has 0 N–H and O–H groups in total. The Labute approximate surface area is 532 Å². The van der Waals surface area contributed by atoms with Crippen LogP contribution in [0.3, 0.4) is 0 Å². The first-order valence-corrected chi connectivity index (χ1v) is 39.7. The molecule has 8 aromatic carbocycles. The van der Waals surface area contributed by atoms with E-state index in [4.69, 9.17) is 0 Å². The zero-order chi connectivity index (χ0) is 64.2. The topological polar surface area (TPSA) is 17.1 Å². The first-order chi connectivity index (χ1) is 39.9. The van der Waals surface area contributed by atoms with E-state index in [-0.39, 0.29) is 59.1 Å². The van der Waals surface area contributed by atoms with Crippen molar-refractivity contribution in [3.8, 4) is 0 Å². The fourth-order valence-electron chi connectivity index (χ4n) is 5.10. The molecule has 0 aliphatic heterocycles. The summed E-state index contributed by atoms with van der Waals surface area (Å²) in [6, 6.07) is 86.2. The van der Waals surface area contributed by atoms with Gasteiger partial charge in [-0.1, -0.05) is 292 Å². The number of halogens is 1. The maximum Gasteiger partial charge on any atom is 0.357 e. The lowest BCUT2D eigenvalue weighted by molar-refractivity contribution is -0.597. The molecule has 82 heavy (non-hydrogen) atoms. The van der Waals surface area contributed by atoms with Gasteiger partial charge in [-0.25, -0.2) is 0 Å². The summed E-state index contributed by atoms with van der Waals surface area (Å²) in [5.74, 6) is 0.304. The van der Waals surface area contributed by atoms with Crippen LogP contribution in [0.4, 0.5) is 0 Å². The molecule has 1 nitrogen and oxygen atoms in total. The predicted molar refractivity (Wildman–Crippen MR) is 389 cm³/mol. The van der Waals surface area contributed by atoms with Crippen molar-refractivity contribution in [3.05, 3.63) is 261 Å². The summed E-state index contributed by atoms with van der Waals surface area (Å²) in [4.78, 5) is 16.2. The monoisotopic (exact) mass is 1300 g/mol. The maximum absolute atomic E-state index is 10.6. The normalized spacial score (nSPS) is 8.85. The van der Waals surface area contributed by atoms with Crippen LogP contribution in [0.5, 0.6) is 0 Å². The zero-order valence-corrected chi connectivity index (χ0v) is 62.1. The van der Waals surface area contributed by atoms with Crippen LogP contribution in [0, 0.1) is 14.1 Å². The van der Waals surface area contributed by atoms with Gasteiger partial charge < -0.3 is 0 Å². The second kappa shape index (κ2) is 74.6. The van der Waals surface area contributed by atoms with Crippen LogP contribution in [0.1, 0.15) is 130 Å². The Kier molecular flexibility index (Phi) is 83.0. The van der Waals surface area contributed by atoms with Gasteiger partial charge in [0.15, 0.2) is 37.8 Å². The Morgan fingerprint density at radius 1 is 0.305 bits per heavy atom. The summed E-state index contributed by atoms with van der Waals surface area (Å²) >= 11 is 0.0287. The third-order valence-electron chi connectivity index (χ3n) is 8.96. The molecule has 0 aromatic heterocycles. The quantitative estimate of drug-likeness (QED) is 0.109. The molecule has 0 aliphatic carbocycles. The fourth-order valence-corrected chi connectivity index (χ4v) is 10.8. The molecule has 456 valence electrons. The van der Waals surface area contributed by atoms with E-state index in [2.05, 4.69) is 245 Å². The molecular weight excluding hydrogens is 1180 g/mol. The molecule has 1 atom stereocenters. The number of hydrogen-bond acceptors (Lipinski definition) is 1. The molecule has 0 aliphatic rings. The van der Waals surface area contributed by atoms with Gasteiger partial charge in [0.1, 0.15) is 12.5 Å². The third kappa shape index (κ3) is 57.4. The number of ketones is 1. The van der Waals surface area contributed by atoms with Crippen LogP contribution >= 0.6 is 0 Å². The van der Waals surface area contributed by atoms with Crippen LogP contribution in [-0.4, -0.2) is 54.8 Å². The van der Waals surface area contributed by atoms with Crippen molar-refractivity contribution in [1.29, 1.82) is 0 Å². The molecule has 8 rings (SSSR count). The van der Waals surface area contributed by atoms with Crippen LogP contribution in [0.15, 0.2) is 268 Å². The molecule has 0 saturated carbocycles. The lowest BCUT2D eigenvalue weighted by Crippen LogP contribution is -3.61. The summed E-state index contributed by atoms with van der Waals surface area (Å²) in [6.45, 7) is 37.7. The van der Waals surface area contributed by atoms with E-state index in [1.54, 1.807) is 6.92 Å². The van der Waals surface area contributed by atoms with Crippen molar-refractivity contribution < 1.29 is 26.0 Å². The number of aryl methyl sites for hydroxylation is 1. The summed E-state index contributed by atoms with van der Waals surface area (Å²) < 4.78 is 2.96. The van der Waals surface area contributed by atoms with Gasteiger partial charge in [0.2, 0.25) is 0 Å². The minimum absolute atomic E-state index is 0.0287. The van der Waals surface area contributed by atoms with Crippen molar-refractivity contribution in [2.75, 3.05) is 43.8 Å². The Hall–Kier alpha value is -4.44. The standard InChI is InChI=1S/2C13H13S.C12H10I.C7H8.C6H13OS.C6H6.C3H9S.8C2H6/c2*1-14(12-8-4-2-5-9-12)13-10-6-3-7-11-13;1-3-7-11(8-4-1)13-12-9-5-2-6-10-12;1-7-5-3-2-4-6-7;1-5(7)6(2)8(3)4;1-2-4-6-5-3-1;1-4(2)3;8*1-2/h2*2-11H,1H3;1-10H;2-6H,1H3;6H,1-4H3;1-6H;1-3H3;8*1-2H3/q3*+1;;+1;;+1;;;;;;;;. The number of Topliss-reactive ketones (excluding diaryl/α,β-unsaturated/α-hetero) is 1. The van der Waals surface area contributed by atoms with E-state index in [9.17, 15) is 4.79 Å². The largest absolute Gasteiger partial charge is 0.357 e. The minimum Gasteiger partial charge on any atom is -0.294 e. The van der Waals surface area contributed by atoms with E-state index in [1.807, 2.05) is 172 Å². The van der Waals surface area contributed by atoms with Crippen molar-refractivity contribution in [2.45, 2.75) is 156 Å². The average molecular weight is 1300 g/mol. The van der Waals surface area contributed by atoms with Crippen molar-refractivity contribution >= 4 is 49.4 Å². The van der Waals surface area contributed by atoms with Crippen LogP contribution in [0.2, 0.25) is 0 Å². The van der Waals surface area contributed by atoms with Crippen LogP contribution in [0.25, 0.3) is 0 Å². The molecule has 1 unspecified atom stereocenters. The van der Waals surface area contributed by atoms with Gasteiger partial charge in [-0.15, -0.1) is 0 Å². The third-order valence-corrected chi connectivity index (χ3v) is 17.3. The van der Waals surface area contributed by atoms with Gasteiger partial charge in [-0.05, 0) is 115 Å². The number of carbonyl (C=O) groups excluding carboxylic acids is 1. The van der Waals surface area contributed by atoms with E-state index >= 15 is 0 Å². The molecule has 6 heteroatoms. The highest BCUT2D eigenvalue weighted by molar-refractivity contribution is 7.97. The number of rotatable bonds is 8. The summed E-state index contributed by atoms with van der Waals surface area (Å²) in [5, 5.41) is 0.259. The van der Waals surface area contributed by atoms with Gasteiger partial charge in [-0.3, -0.25) is 4.79 Å². The van der Waals surface area contributed by atoms with Gasteiger partial charge in [0.25, 0.3) is 0 Å². The highest BCUT2D eigenvalue weighted by Gasteiger charge is 2.20. The fraction of sp³-hybridized carbons (Fsp3) is 0.355. The van der Waals surface area contributed by atoms with Crippen molar-refractivity contribution in [3.63, 3.8) is 0 Å². The molecule has 0 fully saturated rings. The van der Waals surface area contributed by atoms with E-state index < -0.39 is 0 Å². The summed E-state index contributed by atoms with van der Waals surface area (Å²) in [6.07, 6.45) is 15.3. The molecule has 0 spiro atoms. The maximum atomic E-state index is 10.6. The number of benzene rings is 8. The second-order valence-corrected chi connectivity index (χ2v) is 27.0. The van der Waals surface area contributed by atoms with Gasteiger partial charge in [0.05, 0.1) is 53.1 Å². The second-order valence-electron chi connectivity index (χ2n) is 15.1. The Bertz CT molecular complexity index is 2080.